The standard InChI is InChI=1S/C24H31N3O7S/c1-24(2,3)34-25-22(28)21-16-26(23(29)33-17-18-8-6-5-7-9-18)14-15-27(21)35(30,31)20-12-10-19(32-4)11-13-20/h5-13,21H,14-17H2,1-4H3,(H,25,28). The molecule has 0 saturated carbocycles. The summed E-state index contributed by atoms with van der Waals surface area (Å²) in [6, 6.07) is 13.8. The normalized spacial score (nSPS) is 17.0. The van der Waals surface area contributed by atoms with Crippen LogP contribution in [0.1, 0.15) is 26.3 Å². The number of benzene rings is 2. The highest BCUT2D eigenvalue weighted by Crippen LogP contribution is 2.24. The average Bonchev–Trinajstić information content (AvgIpc) is 2.85. The number of carbonyl (C=O) groups is 2. The molecule has 0 aromatic heterocycles. The summed E-state index contributed by atoms with van der Waals surface area (Å²) >= 11 is 0. The second kappa shape index (κ2) is 11.1. The van der Waals surface area contributed by atoms with Crippen LogP contribution in [0.25, 0.3) is 0 Å². The summed E-state index contributed by atoms with van der Waals surface area (Å²) in [6.45, 7) is 5.07. The summed E-state index contributed by atoms with van der Waals surface area (Å²) < 4.78 is 38.4. The van der Waals surface area contributed by atoms with Crippen LogP contribution < -0.4 is 10.2 Å². The number of hydrogen-bond acceptors (Lipinski definition) is 7. The van der Waals surface area contributed by atoms with Crippen molar-refractivity contribution in [1.82, 2.24) is 14.7 Å². The third kappa shape index (κ3) is 6.93. The second-order valence-electron chi connectivity index (χ2n) is 8.97. The number of nitrogens with one attached hydrogen (secondary N) is 1. The number of rotatable bonds is 7. The quantitative estimate of drug-likeness (QED) is 0.575. The zero-order valence-electron chi connectivity index (χ0n) is 20.3. The van der Waals surface area contributed by atoms with Gasteiger partial charge in [-0.2, -0.15) is 4.31 Å². The maximum Gasteiger partial charge on any atom is 0.410 e. The second-order valence-corrected chi connectivity index (χ2v) is 10.9. The Kier molecular flexibility index (Phi) is 8.36. The molecule has 1 unspecified atom stereocenters. The molecular formula is C24H31N3O7S. The van der Waals surface area contributed by atoms with E-state index in [0.717, 1.165) is 9.87 Å². The molecular weight excluding hydrogens is 474 g/mol. The summed E-state index contributed by atoms with van der Waals surface area (Å²) in [5.41, 5.74) is 2.46. The number of piperazine rings is 1. The lowest BCUT2D eigenvalue weighted by Gasteiger charge is -2.39. The Morgan fingerprint density at radius 3 is 2.29 bits per heavy atom. The summed E-state index contributed by atoms with van der Waals surface area (Å²) in [6.07, 6.45) is -0.634. The Labute approximate surface area is 205 Å². The van der Waals surface area contributed by atoms with Gasteiger partial charge in [-0.25, -0.2) is 18.7 Å². The predicted molar refractivity (Wildman–Crippen MR) is 128 cm³/mol. The minimum absolute atomic E-state index is 0.00736. The molecule has 1 aliphatic rings. The lowest BCUT2D eigenvalue weighted by atomic mass is 10.2. The molecule has 10 nitrogen and oxygen atoms in total. The average molecular weight is 506 g/mol. The molecule has 1 fully saturated rings. The lowest BCUT2D eigenvalue weighted by molar-refractivity contribution is -0.150. The zero-order chi connectivity index (χ0) is 25.6. The van der Waals surface area contributed by atoms with Crippen molar-refractivity contribution < 1.29 is 32.3 Å². The van der Waals surface area contributed by atoms with Crippen LogP contribution in [0, 0.1) is 0 Å². The lowest BCUT2D eigenvalue weighted by Crippen LogP contribution is -2.61. The third-order valence-electron chi connectivity index (χ3n) is 5.22. The fraction of sp³-hybridized carbons (Fsp3) is 0.417. The Bertz CT molecular complexity index is 1120. The maximum atomic E-state index is 13.4. The zero-order valence-corrected chi connectivity index (χ0v) is 21.1. The van der Waals surface area contributed by atoms with E-state index in [1.54, 1.807) is 20.8 Å². The molecule has 2 aromatic rings. The molecule has 1 aliphatic heterocycles. The first-order valence-electron chi connectivity index (χ1n) is 11.1. The van der Waals surface area contributed by atoms with E-state index >= 15 is 0 Å². The molecule has 1 saturated heterocycles. The summed E-state index contributed by atoms with van der Waals surface area (Å²) in [5.74, 6) is -0.180. The number of methoxy groups -OCH3 is 1. The Morgan fingerprint density at radius 1 is 1.03 bits per heavy atom. The molecule has 2 amide bonds. The SMILES string of the molecule is COc1ccc(S(=O)(=O)N2CCN(C(=O)OCc3ccccc3)CC2C(=O)NOC(C)(C)C)cc1. The van der Waals surface area contributed by atoms with Crippen LogP contribution >= 0.6 is 0 Å². The van der Waals surface area contributed by atoms with Gasteiger partial charge in [-0.05, 0) is 50.6 Å². The summed E-state index contributed by atoms with van der Waals surface area (Å²) in [4.78, 5) is 32.5. The van der Waals surface area contributed by atoms with Gasteiger partial charge in [0.1, 0.15) is 18.4 Å². The van der Waals surface area contributed by atoms with Gasteiger partial charge in [0.2, 0.25) is 10.0 Å². The van der Waals surface area contributed by atoms with Crippen molar-refractivity contribution in [3.05, 3.63) is 60.2 Å². The van der Waals surface area contributed by atoms with E-state index in [2.05, 4.69) is 5.48 Å². The van der Waals surface area contributed by atoms with Gasteiger partial charge < -0.3 is 14.4 Å². The van der Waals surface area contributed by atoms with Crippen molar-refractivity contribution in [2.24, 2.45) is 0 Å². The Hall–Kier alpha value is -3.15. The molecule has 3 rings (SSSR count). The van der Waals surface area contributed by atoms with E-state index in [1.165, 1.54) is 36.3 Å². The van der Waals surface area contributed by atoms with E-state index in [1.807, 2.05) is 30.3 Å². The van der Waals surface area contributed by atoms with Crippen LogP contribution in [0.4, 0.5) is 4.79 Å². The van der Waals surface area contributed by atoms with Gasteiger partial charge >= 0.3 is 6.09 Å². The number of hydroxylamine groups is 1. The summed E-state index contributed by atoms with van der Waals surface area (Å²) in [5, 5.41) is 0. The number of hydrogen-bond donors (Lipinski definition) is 1. The highest BCUT2D eigenvalue weighted by atomic mass is 32.2. The van der Waals surface area contributed by atoms with Gasteiger partial charge in [0.15, 0.2) is 0 Å². The van der Waals surface area contributed by atoms with Crippen LogP contribution in [-0.2, 0) is 31.0 Å². The Balaban J connectivity index is 1.79. The molecule has 2 aromatic carbocycles. The molecule has 1 heterocycles. The van der Waals surface area contributed by atoms with Crippen LogP contribution in [0.2, 0.25) is 0 Å². The van der Waals surface area contributed by atoms with E-state index in [4.69, 9.17) is 14.3 Å². The van der Waals surface area contributed by atoms with Crippen molar-refractivity contribution in [2.45, 2.75) is 43.9 Å². The number of amides is 2. The molecule has 190 valence electrons. The van der Waals surface area contributed by atoms with Crippen LogP contribution in [-0.4, -0.2) is 68.0 Å². The first-order chi connectivity index (χ1) is 16.5. The molecule has 35 heavy (non-hydrogen) atoms. The van der Waals surface area contributed by atoms with Crippen LogP contribution in [0.5, 0.6) is 5.75 Å². The van der Waals surface area contributed by atoms with Crippen molar-refractivity contribution in [3.63, 3.8) is 0 Å². The van der Waals surface area contributed by atoms with Crippen molar-refractivity contribution in [2.75, 3.05) is 26.7 Å². The highest BCUT2D eigenvalue weighted by molar-refractivity contribution is 7.89. The van der Waals surface area contributed by atoms with E-state index in [0.29, 0.717) is 5.75 Å². The fourth-order valence-corrected chi connectivity index (χ4v) is 4.97. The first-order valence-corrected chi connectivity index (χ1v) is 12.5. The third-order valence-corrected chi connectivity index (χ3v) is 7.14. The van der Waals surface area contributed by atoms with Gasteiger partial charge in [0.25, 0.3) is 5.91 Å². The van der Waals surface area contributed by atoms with E-state index in [-0.39, 0.29) is 31.1 Å². The topological polar surface area (TPSA) is 114 Å². The fourth-order valence-electron chi connectivity index (χ4n) is 3.40. The number of carbonyl (C=O) groups excluding carboxylic acids is 2. The first kappa shape index (κ1) is 26.5. The number of ether oxygens (including phenoxy) is 2. The van der Waals surface area contributed by atoms with E-state index < -0.39 is 33.7 Å². The highest BCUT2D eigenvalue weighted by Gasteiger charge is 2.42. The minimum Gasteiger partial charge on any atom is -0.497 e. The van der Waals surface area contributed by atoms with E-state index in [9.17, 15) is 18.0 Å². The van der Waals surface area contributed by atoms with Crippen molar-refractivity contribution in [1.29, 1.82) is 0 Å². The van der Waals surface area contributed by atoms with Crippen LogP contribution in [0.3, 0.4) is 0 Å². The van der Waals surface area contributed by atoms with Gasteiger partial charge in [0, 0.05) is 19.6 Å². The Morgan fingerprint density at radius 2 is 1.69 bits per heavy atom. The minimum atomic E-state index is -4.06. The van der Waals surface area contributed by atoms with Crippen molar-refractivity contribution in [3.8, 4) is 5.75 Å². The molecule has 0 bridgehead atoms. The molecule has 0 radical (unpaired) electrons. The summed E-state index contributed by atoms with van der Waals surface area (Å²) in [7, 11) is -2.58. The largest absolute Gasteiger partial charge is 0.497 e. The molecule has 11 heteroatoms. The van der Waals surface area contributed by atoms with Gasteiger partial charge in [0.05, 0.1) is 17.6 Å². The molecule has 0 aliphatic carbocycles. The van der Waals surface area contributed by atoms with Gasteiger partial charge in [-0.15, -0.1) is 0 Å². The van der Waals surface area contributed by atoms with Gasteiger partial charge in [-0.3, -0.25) is 9.63 Å². The maximum absolute atomic E-state index is 13.4. The predicted octanol–water partition coefficient (Wildman–Crippen LogP) is 2.55. The van der Waals surface area contributed by atoms with Gasteiger partial charge in [-0.1, -0.05) is 30.3 Å². The molecule has 1 N–H and O–H groups in total. The smallest absolute Gasteiger partial charge is 0.410 e. The number of sulfonamides is 1. The van der Waals surface area contributed by atoms with Crippen molar-refractivity contribution >= 4 is 22.0 Å². The number of nitrogens with zero attached hydrogens (tertiary/aromatic N) is 2. The molecule has 0 spiro atoms. The van der Waals surface area contributed by atoms with Crippen LogP contribution in [0.15, 0.2) is 59.5 Å². The monoisotopic (exact) mass is 505 g/mol. The molecule has 1 atom stereocenters.